The summed E-state index contributed by atoms with van der Waals surface area (Å²) in [5.41, 5.74) is 0.685. The second-order valence-corrected chi connectivity index (χ2v) is 4.52. The van der Waals surface area contributed by atoms with Crippen molar-refractivity contribution < 1.29 is 18.3 Å². The molecule has 0 aliphatic carbocycles. The standard InChI is InChI=1S/C11H12F2INO2/c12-10(13)7-17-6-5-11(16)15-9-3-1-8(14)2-4-9/h1-4,10H,5-7H2,(H,15,16). The molecule has 0 heterocycles. The van der Waals surface area contributed by atoms with E-state index in [1.165, 1.54) is 0 Å². The summed E-state index contributed by atoms with van der Waals surface area (Å²) in [6.45, 7) is -0.628. The van der Waals surface area contributed by atoms with Crippen LogP contribution >= 0.6 is 22.6 Å². The summed E-state index contributed by atoms with van der Waals surface area (Å²) in [7, 11) is 0. The summed E-state index contributed by atoms with van der Waals surface area (Å²) in [6.07, 6.45) is -2.42. The number of hydrogen-bond acceptors (Lipinski definition) is 2. The van der Waals surface area contributed by atoms with E-state index in [0.717, 1.165) is 3.57 Å². The van der Waals surface area contributed by atoms with Gasteiger partial charge in [-0.3, -0.25) is 4.79 Å². The molecule has 0 aliphatic heterocycles. The van der Waals surface area contributed by atoms with Crippen molar-refractivity contribution in [2.45, 2.75) is 12.8 Å². The number of amides is 1. The molecule has 1 aromatic rings. The highest BCUT2D eigenvalue weighted by atomic mass is 127. The number of carbonyl (C=O) groups excluding carboxylic acids is 1. The molecule has 3 nitrogen and oxygen atoms in total. The molecule has 17 heavy (non-hydrogen) atoms. The Morgan fingerprint density at radius 1 is 1.35 bits per heavy atom. The Bertz CT molecular complexity index is 357. The van der Waals surface area contributed by atoms with Gasteiger partial charge in [0.1, 0.15) is 6.61 Å². The van der Waals surface area contributed by atoms with Crippen LogP contribution in [0.3, 0.4) is 0 Å². The predicted octanol–water partition coefficient (Wildman–Crippen LogP) is 2.90. The third-order valence-corrected chi connectivity index (χ3v) is 2.56. The van der Waals surface area contributed by atoms with Crippen LogP contribution in [0.4, 0.5) is 14.5 Å². The fourth-order valence-electron chi connectivity index (χ4n) is 1.09. The molecule has 0 bridgehead atoms. The summed E-state index contributed by atoms with van der Waals surface area (Å²) in [5, 5.41) is 2.65. The zero-order valence-electron chi connectivity index (χ0n) is 8.96. The van der Waals surface area contributed by atoms with Gasteiger partial charge in [0.2, 0.25) is 5.91 Å². The second kappa shape index (κ2) is 7.54. The average Bonchev–Trinajstić information content (AvgIpc) is 2.27. The largest absolute Gasteiger partial charge is 0.375 e. The molecule has 0 saturated carbocycles. The van der Waals surface area contributed by atoms with E-state index < -0.39 is 13.0 Å². The maximum atomic E-state index is 11.7. The van der Waals surface area contributed by atoms with Crippen LogP contribution in [0.2, 0.25) is 0 Å². The first-order valence-corrected chi connectivity index (χ1v) is 6.07. The van der Waals surface area contributed by atoms with Crippen LogP contribution in [-0.2, 0) is 9.53 Å². The van der Waals surface area contributed by atoms with E-state index in [9.17, 15) is 13.6 Å². The van der Waals surface area contributed by atoms with Crippen LogP contribution in [-0.4, -0.2) is 25.5 Å². The number of hydrogen-bond donors (Lipinski definition) is 1. The topological polar surface area (TPSA) is 38.3 Å². The van der Waals surface area contributed by atoms with Crippen LogP contribution in [0.25, 0.3) is 0 Å². The minimum Gasteiger partial charge on any atom is -0.375 e. The van der Waals surface area contributed by atoms with E-state index in [0.29, 0.717) is 5.69 Å². The highest BCUT2D eigenvalue weighted by Crippen LogP contribution is 2.11. The Hall–Kier alpha value is -0.760. The molecule has 1 amide bonds. The lowest BCUT2D eigenvalue weighted by molar-refractivity contribution is -0.117. The molecule has 0 spiro atoms. The number of ether oxygens (including phenoxy) is 1. The summed E-state index contributed by atoms with van der Waals surface area (Å²) >= 11 is 2.16. The molecule has 1 aromatic carbocycles. The van der Waals surface area contributed by atoms with Gasteiger partial charge >= 0.3 is 0 Å². The SMILES string of the molecule is O=C(CCOCC(F)F)Nc1ccc(I)cc1. The summed E-state index contributed by atoms with van der Waals surface area (Å²) in [4.78, 5) is 11.4. The van der Waals surface area contributed by atoms with E-state index in [-0.39, 0.29) is 18.9 Å². The van der Waals surface area contributed by atoms with Gasteiger partial charge in [-0.15, -0.1) is 0 Å². The van der Waals surface area contributed by atoms with Gasteiger partial charge in [-0.1, -0.05) is 0 Å². The van der Waals surface area contributed by atoms with E-state index >= 15 is 0 Å². The van der Waals surface area contributed by atoms with Crippen molar-refractivity contribution in [1.29, 1.82) is 0 Å². The lowest BCUT2D eigenvalue weighted by Gasteiger charge is -2.06. The third-order valence-electron chi connectivity index (χ3n) is 1.85. The molecular formula is C11H12F2INO2. The molecular weight excluding hydrogens is 343 g/mol. The third kappa shape index (κ3) is 6.52. The van der Waals surface area contributed by atoms with Crippen LogP contribution in [0.15, 0.2) is 24.3 Å². The molecule has 94 valence electrons. The lowest BCUT2D eigenvalue weighted by Crippen LogP contribution is -2.15. The first-order valence-electron chi connectivity index (χ1n) is 4.99. The van der Waals surface area contributed by atoms with Crippen molar-refractivity contribution in [3.63, 3.8) is 0 Å². The number of benzene rings is 1. The molecule has 6 heteroatoms. The monoisotopic (exact) mass is 355 g/mol. The Labute approximate surface area is 112 Å². The van der Waals surface area contributed by atoms with Crippen molar-refractivity contribution in [2.75, 3.05) is 18.5 Å². The first kappa shape index (κ1) is 14.3. The minimum atomic E-state index is -2.49. The molecule has 0 aromatic heterocycles. The minimum absolute atomic E-state index is 0.000537. The highest BCUT2D eigenvalue weighted by Gasteiger charge is 2.05. The number of rotatable bonds is 6. The quantitative estimate of drug-likeness (QED) is 0.630. The van der Waals surface area contributed by atoms with E-state index in [1.54, 1.807) is 12.1 Å². The maximum absolute atomic E-state index is 11.7. The molecule has 0 fully saturated rings. The molecule has 0 aliphatic rings. The molecule has 0 saturated heterocycles. The Kier molecular flexibility index (Phi) is 6.35. The van der Waals surface area contributed by atoms with Crippen molar-refractivity contribution in [3.8, 4) is 0 Å². The number of alkyl halides is 2. The fraction of sp³-hybridized carbons (Fsp3) is 0.364. The van der Waals surface area contributed by atoms with Gasteiger partial charge in [-0.05, 0) is 46.9 Å². The molecule has 0 unspecified atom stereocenters. The molecule has 0 atom stereocenters. The first-order chi connectivity index (χ1) is 8.08. The molecule has 1 N–H and O–H groups in total. The highest BCUT2D eigenvalue weighted by molar-refractivity contribution is 14.1. The Morgan fingerprint density at radius 2 is 2.00 bits per heavy atom. The van der Waals surface area contributed by atoms with Gasteiger partial charge in [0.05, 0.1) is 13.0 Å². The summed E-state index contributed by atoms with van der Waals surface area (Å²) in [6, 6.07) is 7.28. The number of nitrogens with one attached hydrogen (secondary N) is 1. The van der Waals surface area contributed by atoms with Gasteiger partial charge in [-0.2, -0.15) is 0 Å². The van der Waals surface area contributed by atoms with Gasteiger partial charge in [0.15, 0.2) is 0 Å². The summed E-state index contributed by atoms with van der Waals surface area (Å²) in [5.74, 6) is -0.250. The predicted molar refractivity (Wildman–Crippen MR) is 69.2 cm³/mol. The van der Waals surface area contributed by atoms with E-state index in [4.69, 9.17) is 0 Å². The van der Waals surface area contributed by atoms with Crippen molar-refractivity contribution >= 4 is 34.2 Å². The number of carbonyl (C=O) groups is 1. The Balaban J connectivity index is 2.23. The smallest absolute Gasteiger partial charge is 0.261 e. The van der Waals surface area contributed by atoms with Crippen LogP contribution < -0.4 is 5.32 Å². The lowest BCUT2D eigenvalue weighted by atomic mass is 10.3. The van der Waals surface area contributed by atoms with Gasteiger partial charge in [0, 0.05) is 9.26 Å². The van der Waals surface area contributed by atoms with Gasteiger partial charge < -0.3 is 10.1 Å². The summed E-state index contributed by atoms with van der Waals surface area (Å²) < 4.78 is 29.1. The zero-order chi connectivity index (χ0) is 12.7. The molecule has 1 rings (SSSR count). The number of anilines is 1. The average molecular weight is 355 g/mol. The zero-order valence-corrected chi connectivity index (χ0v) is 11.1. The van der Waals surface area contributed by atoms with Crippen LogP contribution in [0, 0.1) is 3.57 Å². The van der Waals surface area contributed by atoms with Crippen molar-refractivity contribution in [1.82, 2.24) is 0 Å². The van der Waals surface area contributed by atoms with Gasteiger partial charge in [-0.25, -0.2) is 8.78 Å². The van der Waals surface area contributed by atoms with Gasteiger partial charge in [0.25, 0.3) is 6.43 Å². The van der Waals surface area contributed by atoms with Crippen molar-refractivity contribution in [3.05, 3.63) is 27.8 Å². The fourth-order valence-corrected chi connectivity index (χ4v) is 1.45. The van der Waals surface area contributed by atoms with Crippen LogP contribution in [0.5, 0.6) is 0 Å². The Morgan fingerprint density at radius 3 is 2.59 bits per heavy atom. The normalized spacial score (nSPS) is 10.6. The van der Waals surface area contributed by atoms with Crippen molar-refractivity contribution in [2.24, 2.45) is 0 Å². The second-order valence-electron chi connectivity index (χ2n) is 3.27. The molecule has 0 radical (unpaired) electrons. The van der Waals surface area contributed by atoms with Crippen LogP contribution in [0.1, 0.15) is 6.42 Å². The van der Waals surface area contributed by atoms with E-state index in [2.05, 4.69) is 32.6 Å². The van der Waals surface area contributed by atoms with E-state index in [1.807, 2.05) is 12.1 Å². The maximum Gasteiger partial charge on any atom is 0.261 e. The number of halogens is 3.